The summed E-state index contributed by atoms with van der Waals surface area (Å²) in [7, 11) is 1.58. The van der Waals surface area contributed by atoms with Gasteiger partial charge in [0.1, 0.15) is 17.4 Å². The van der Waals surface area contributed by atoms with Crippen LogP contribution < -0.4 is 10.1 Å². The maximum atomic E-state index is 12.9. The van der Waals surface area contributed by atoms with E-state index in [1.807, 2.05) is 24.3 Å². The van der Waals surface area contributed by atoms with Crippen molar-refractivity contribution < 1.29 is 19.1 Å². The lowest BCUT2D eigenvalue weighted by Gasteiger charge is -2.20. The van der Waals surface area contributed by atoms with Gasteiger partial charge < -0.3 is 14.8 Å². The Kier molecular flexibility index (Phi) is 5.65. The zero-order valence-corrected chi connectivity index (χ0v) is 17.8. The van der Waals surface area contributed by atoms with Crippen molar-refractivity contribution in [2.45, 2.75) is 38.5 Å². The van der Waals surface area contributed by atoms with Crippen LogP contribution >= 0.6 is 15.9 Å². The monoisotopic (exact) mass is 446 g/mol. The molecule has 1 heterocycles. The quantitative estimate of drug-likeness (QED) is 0.687. The number of ether oxygens (including phenoxy) is 2. The number of carbonyl (C=O) groups is 2. The van der Waals surface area contributed by atoms with Gasteiger partial charge in [0.25, 0.3) is 0 Å². The van der Waals surface area contributed by atoms with Crippen molar-refractivity contribution in [2.75, 3.05) is 12.4 Å². The predicted octanol–water partition coefficient (Wildman–Crippen LogP) is 4.76. The van der Waals surface area contributed by atoms with Crippen molar-refractivity contribution in [3.63, 3.8) is 0 Å². The van der Waals surface area contributed by atoms with Crippen LogP contribution in [-0.2, 0) is 9.53 Å². The Bertz CT molecular complexity index is 859. The molecule has 0 unspecified atom stereocenters. The van der Waals surface area contributed by atoms with Gasteiger partial charge in [-0.2, -0.15) is 0 Å². The lowest BCUT2D eigenvalue weighted by Crippen LogP contribution is -2.30. The molecule has 2 aromatic rings. The highest BCUT2D eigenvalue weighted by Gasteiger charge is 2.57. The van der Waals surface area contributed by atoms with Gasteiger partial charge in [0.15, 0.2) is 0 Å². The number of carbonyl (C=O) groups excluding carboxylic acids is 2. The number of nitrogens with one attached hydrogen (secondary N) is 1. The standard InChI is InChI=1S/C21H23BrN2O4/c1-21(2,3)28-20(26)24-17(13-5-7-14(22)8-6-13)18(24)19(25)23-15-9-11-16(27-4)12-10-15/h5-12,17-18H,1-4H3,(H,23,25)/t17-,18+,24?/m1/s1. The van der Waals surface area contributed by atoms with E-state index in [0.29, 0.717) is 11.4 Å². The normalized spacial score (nSPS) is 18.4. The second-order valence-electron chi connectivity index (χ2n) is 7.55. The zero-order chi connectivity index (χ0) is 20.5. The van der Waals surface area contributed by atoms with Gasteiger partial charge in [-0.25, -0.2) is 4.79 Å². The number of methoxy groups -OCH3 is 1. The van der Waals surface area contributed by atoms with E-state index < -0.39 is 17.7 Å². The third-order valence-corrected chi connectivity index (χ3v) is 4.78. The molecular weight excluding hydrogens is 424 g/mol. The number of amides is 2. The predicted molar refractivity (Wildman–Crippen MR) is 110 cm³/mol. The summed E-state index contributed by atoms with van der Waals surface area (Å²) in [6, 6.07) is 13.6. The van der Waals surface area contributed by atoms with E-state index in [0.717, 1.165) is 10.0 Å². The Labute approximate surface area is 172 Å². The summed E-state index contributed by atoms with van der Waals surface area (Å²) < 4.78 is 11.5. The molecule has 1 fully saturated rings. The number of rotatable bonds is 4. The van der Waals surface area contributed by atoms with Gasteiger partial charge in [-0.1, -0.05) is 28.1 Å². The third-order valence-electron chi connectivity index (χ3n) is 4.25. The Balaban J connectivity index is 1.79. The van der Waals surface area contributed by atoms with Crippen LogP contribution in [0.5, 0.6) is 5.75 Å². The van der Waals surface area contributed by atoms with E-state index in [1.54, 1.807) is 52.1 Å². The first kappa shape index (κ1) is 20.2. The lowest BCUT2D eigenvalue weighted by molar-refractivity contribution is -0.116. The minimum atomic E-state index is -0.638. The largest absolute Gasteiger partial charge is 0.497 e. The van der Waals surface area contributed by atoms with Crippen molar-refractivity contribution in [2.24, 2.45) is 0 Å². The summed E-state index contributed by atoms with van der Waals surface area (Å²) in [6.45, 7) is 5.40. The Morgan fingerprint density at radius 3 is 2.18 bits per heavy atom. The number of halogens is 1. The fraction of sp³-hybridized carbons (Fsp3) is 0.333. The van der Waals surface area contributed by atoms with Gasteiger partial charge in [0.05, 0.1) is 13.2 Å². The van der Waals surface area contributed by atoms with Gasteiger partial charge in [0, 0.05) is 10.2 Å². The van der Waals surface area contributed by atoms with Crippen LogP contribution in [0.1, 0.15) is 32.4 Å². The van der Waals surface area contributed by atoms with Crippen molar-refractivity contribution in [1.29, 1.82) is 0 Å². The second kappa shape index (κ2) is 7.83. The Hall–Kier alpha value is -2.54. The Morgan fingerprint density at radius 1 is 1.04 bits per heavy atom. The van der Waals surface area contributed by atoms with Crippen molar-refractivity contribution in [3.05, 3.63) is 58.6 Å². The van der Waals surface area contributed by atoms with Crippen molar-refractivity contribution in [1.82, 2.24) is 4.90 Å². The summed E-state index contributed by atoms with van der Waals surface area (Å²) in [5.41, 5.74) is 0.876. The highest BCUT2D eigenvalue weighted by molar-refractivity contribution is 9.10. The van der Waals surface area contributed by atoms with Gasteiger partial charge in [-0.05, 0) is 62.7 Å². The maximum absolute atomic E-state index is 12.9. The second-order valence-corrected chi connectivity index (χ2v) is 8.46. The van der Waals surface area contributed by atoms with Crippen LogP contribution in [-0.4, -0.2) is 35.7 Å². The van der Waals surface area contributed by atoms with Crippen molar-refractivity contribution >= 4 is 33.6 Å². The maximum Gasteiger partial charge on any atom is 0.411 e. The van der Waals surface area contributed by atoms with Crippen LogP contribution in [0, 0.1) is 0 Å². The number of anilines is 1. The minimum absolute atomic E-state index is 0.260. The molecule has 1 N–H and O–H groups in total. The first-order valence-electron chi connectivity index (χ1n) is 8.91. The third kappa shape index (κ3) is 4.65. The molecule has 0 spiro atoms. The molecule has 0 aliphatic carbocycles. The summed E-state index contributed by atoms with van der Waals surface area (Å²) in [6.07, 6.45) is -0.504. The summed E-state index contributed by atoms with van der Waals surface area (Å²) in [5.74, 6) is 0.441. The van der Waals surface area contributed by atoms with E-state index in [9.17, 15) is 9.59 Å². The molecule has 2 atom stereocenters. The first-order valence-corrected chi connectivity index (χ1v) is 9.70. The topological polar surface area (TPSA) is 67.6 Å². The van der Waals surface area contributed by atoms with E-state index >= 15 is 0 Å². The van der Waals surface area contributed by atoms with Crippen LogP contribution in [0.25, 0.3) is 0 Å². The molecule has 2 amide bonds. The van der Waals surface area contributed by atoms with Crippen LogP contribution in [0.4, 0.5) is 10.5 Å². The first-order chi connectivity index (χ1) is 13.2. The van der Waals surface area contributed by atoms with Crippen LogP contribution in [0.3, 0.4) is 0 Å². The van der Waals surface area contributed by atoms with Gasteiger partial charge in [-0.3, -0.25) is 9.69 Å². The zero-order valence-electron chi connectivity index (χ0n) is 16.2. The molecule has 2 aromatic carbocycles. The fourth-order valence-corrected chi connectivity index (χ4v) is 3.20. The molecule has 1 aliphatic heterocycles. The summed E-state index contributed by atoms with van der Waals surface area (Å²) in [5, 5.41) is 2.86. The molecule has 0 saturated carbocycles. The van der Waals surface area contributed by atoms with E-state index in [4.69, 9.17) is 9.47 Å². The molecule has 0 bridgehead atoms. The molecule has 6 nitrogen and oxygen atoms in total. The van der Waals surface area contributed by atoms with Crippen molar-refractivity contribution in [3.8, 4) is 5.75 Å². The lowest BCUT2D eigenvalue weighted by atomic mass is 10.1. The van der Waals surface area contributed by atoms with Crippen LogP contribution in [0.15, 0.2) is 53.0 Å². The van der Waals surface area contributed by atoms with Crippen LogP contribution in [0.2, 0.25) is 0 Å². The number of benzene rings is 2. The molecule has 1 aliphatic rings. The molecule has 148 valence electrons. The van der Waals surface area contributed by atoms with Gasteiger partial charge in [0.2, 0.25) is 5.91 Å². The average molecular weight is 447 g/mol. The molecule has 28 heavy (non-hydrogen) atoms. The Morgan fingerprint density at radius 2 is 1.64 bits per heavy atom. The SMILES string of the molecule is COc1ccc(NC(=O)[C@@H]2[C@@H](c3ccc(Br)cc3)N2C(=O)OC(C)(C)C)cc1. The molecule has 7 heteroatoms. The number of nitrogens with zero attached hydrogens (tertiary/aromatic N) is 1. The number of hydrogen-bond acceptors (Lipinski definition) is 4. The fourth-order valence-electron chi connectivity index (χ4n) is 2.94. The minimum Gasteiger partial charge on any atom is -0.497 e. The van der Waals surface area contributed by atoms with E-state index in [2.05, 4.69) is 21.2 Å². The van der Waals surface area contributed by atoms with E-state index in [-0.39, 0.29) is 11.9 Å². The average Bonchev–Trinajstić information content (AvgIpc) is 3.37. The van der Waals surface area contributed by atoms with Gasteiger partial charge in [-0.15, -0.1) is 0 Å². The summed E-state index contributed by atoms with van der Waals surface area (Å²) >= 11 is 3.40. The molecular formula is C21H23BrN2O4. The molecule has 1 saturated heterocycles. The molecule has 0 aromatic heterocycles. The molecule has 0 radical (unpaired) electrons. The molecule has 3 rings (SSSR count). The number of hydrogen-bond donors (Lipinski definition) is 1. The highest BCUT2D eigenvalue weighted by atomic mass is 79.9. The summed E-state index contributed by atoms with van der Waals surface area (Å²) in [4.78, 5) is 26.9. The smallest absolute Gasteiger partial charge is 0.411 e. The highest BCUT2D eigenvalue weighted by Crippen LogP contribution is 2.45. The van der Waals surface area contributed by atoms with E-state index in [1.165, 1.54) is 4.90 Å². The van der Waals surface area contributed by atoms with Gasteiger partial charge >= 0.3 is 6.09 Å².